The molecule has 1 atom stereocenters. The summed E-state index contributed by atoms with van der Waals surface area (Å²) in [5, 5.41) is 8.81. The molecule has 1 aromatic heterocycles. The van der Waals surface area contributed by atoms with Crippen LogP contribution in [0.15, 0.2) is 0 Å². The fourth-order valence-corrected chi connectivity index (χ4v) is 1.79. The molecular weight excluding hydrogens is 248 g/mol. The van der Waals surface area contributed by atoms with Crippen molar-refractivity contribution in [3.8, 4) is 6.01 Å². The summed E-state index contributed by atoms with van der Waals surface area (Å²) in [4.78, 5) is 23.5. The van der Waals surface area contributed by atoms with E-state index in [1.54, 1.807) is 7.05 Å². The summed E-state index contributed by atoms with van der Waals surface area (Å²) in [6.45, 7) is 2.94. The second-order valence-electron chi connectivity index (χ2n) is 4.13. The maximum Gasteiger partial charge on any atom is 0.323 e. The molecule has 2 rings (SSSR count). The van der Waals surface area contributed by atoms with E-state index in [0.717, 1.165) is 6.42 Å². The van der Waals surface area contributed by atoms with Gasteiger partial charge in [0.05, 0.1) is 6.61 Å². The zero-order valence-electron chi connectivity index (χ0n) is 11.1. The van der Waals surface area contributed by atoms with Gasteiger partial charge in [-0.1, -0.05) is 0 Å². The fourth-order valence-electron chi connectivity index (χ4n) is 1.79. The molecule has 0 saturated carbocycles. The summed E-state index contributed by atoms with van der Waals surface area (Å²) in [5.41, 5.74) is 0. The van der Waals surface area contributed by atoms with Crippen LogP contribution in [0.2, 0.25) is 0 Å². The number of nitrogens with zero attached hydrogens (tertiary/aromatic N) is 3. The molecular formula is C11H18N6O2. The molecule has 104 valence electrons. The Balaban J connectivity index is 1.98. The van der Waals surface area contributed by atoms with Crippen molar-refractivity contribution in [3.05, 3.63) is 0 Å². The third kappa shape index (κ3) is 3.67. The van der Waals surface area contributed by atoms with Gasteiger partial charge in [0.2, 0.25) is 17.8 Å². The lowest BCUT2D eigenvalue weighted by molar-refractivity contribution is -0.119. The largest absolute Gasteiger partial charge is 0.464 e. The molecule has 1 unspecified atom stereocenters. The standard InChI is InChI=1S/C11H18N6O2/c1-3-19-11-16-9(12-2)15-10(17-11)13-6-7-4-5-8(18)14-7/h7H,3-6H2,1-2H3,(H,14,18)(H2,12,13,15,16,17). The summed E-state index contributed by atoms with van der Waals surface area (Å²) >= 11 is 0. The van der Waals surface area contributed by atoms with Gasteiger partial charge in [0.25, 0.3) is 0 Å². The third-order valence-corrected chi connectivity index (χ3v) is 2.70. The molecule has 1 aliphatic rings. The highest BCUT2D eigenvalue weighted by atomic mass is 16.5. The molecule has 0 aliphatic carbocycles. The number of carbonyl (C=O) groups excluding carboxylic acids is 1. The van der Waals surface area contributed by atoms with E-state index in [-0.39, 0.29) is 18.0 Å². The lowest BCUT2D eigenvalue weighted by Crippen LogP contribution is -2.32. The molecule has 8 heteroatoms. The predicted octanol–water partition coefficient (Wildman–Crippen LogP) is 0.00250. The molecule has 0 radical (unpaired) electrons. The lowest BCUT2D eigenvalue weighted by Gasteiger charge is -2.12. The topological polar surface area (TPSA) is 101 Å². The SMILES string of the molecule is CCOc1nc(NC)nc(NCC2CCC(=O)N2)n1. The number of rotatable bonds is 6. The number of nitrogens with one attached hydrogen (secondary N) is 3. The summed E-state index contributed by atoms with van der Waals surface area (Å²) in [6, 6.07) is 0.401. The minimum Gasteiger partial charge on any atom is -0.464 e. The number of anilines is 2. The van der Waals surface area contributed by atoms with Crippen LogP contribution in [-0.4, -0.2) is 47.1 Å². The first-order valence-corrected chi connectivity index (χ1v) is 6.31. The zero-order valence-corrected chi connectivity index (χ0v) is 11.1. The quantitative estimate of drug-likeness (QED) is 0.666. The van der Waals surface area contributed by atoms with Gasteiger partial charge in [0, 0.05) is 26.1 Å². The molecule has 0 bridgehead atoms. The first kappa shape index (κ1) is 13.3. The van der Waals surface area contributed by atoms with Crippen molar-refractivity contribution < 1.29 is 9.53 Å². The molecule has 1 fully saturated rings. The molecule has 19 heavy (non-hydrogen) atoms. The van der Waals surface area contributed by atoms with Crippen molar-refractivity contribution in [3.63, 3.8) is 0 Å². The van der Waals surface area contributed by atoms with Gasteiger partial charge in [0.15, 0.2) is 0 Å². The smallest absolute Gasteiger partial charge is 0.323 e. The molecule has 1 aliphatic heterocycles. The van der Waals surface area contributed by atoms with Crippen LogP contribution in [-0.2, 0) is 4.79 Å². The lowest BCUT2D eigenvalue weighted by atomic mass is 10.2. The van der Waals surface area contributed by atoms with Gasteiger partial charge in [-0.2, -0.15) is 15.0 Å². The predicted molar refractivity (Wildman–Crippen MR) is 70.2 cm³/mol. The first-order valence-electron chi connectivity index (χ1n) is 6.31. The van der Waals surface area contributed by atoms with Gasteiger partial charge in [-0.05, 0) is 13.3 Å². The number of hydrogen-bond donors (Lipinski definition) is 3. The minimum atomic E-state index is 0.0911. The molecule has 0 aromatic carbocycles. The summed E-state index contributed by atoms with van der Waals surface area (Å²) in [7, 11) is 1.73. The monoisotopic (exact) mass is 266 g/mol. The molecule has 2 heterocycles. The summed E-state index contributed by atoms with van der Waals surface area (Å²) < 4.78 is 5.27. The van der Waals surface area contributed by atoms with E-state index in [0.29, 0.717) is 31.5 Å². The Morgan fingerprint density at radius 1 is 1.37 bits per heavy atom. The number of carbonyl (C=O) groups is 1. The van der Waals surface area contributed by atoms with Gasteiger partial charge < -0.3 is 20.7 Å². The minimum absolute atomic E-state index is 0.0911. The van der Waals surface area contributed by atoms with Crippen LogP contribution in [0.5, 0.6) is 6.01 Å². The van der Waals surface area contributed by atoms with E-state index in [1.807, 2.05) is 6.92 Å². The number of hydrogen-bond acceptors (Lipinski definition) is 7. The maximum atomic E-state index is 11.1. The van der Waals surface area contributed by atoms with Gasteiger partial charge in [0.1, 0.15) is 0 Å². The van der Waals surface area contributed by atoms with E-state index >= 15 is 0 Å². The van der Waals surface area contributed by atoms with E-state index < -0.39 is 0 Å². The zero-order chi connectivity index (χ0) is 13.7. The van der Waals surface area contributed by atoms with E-state index in [4.69, 9.17) is 4.74 Å². The normalized spacial score (nSPS) is 18.0. The van der Waals surface area contributed by atoms with Gasteiger partial charge in [-0.15, -0.1) is 0 Å². The first-order chi connectivity index (χ1) is 9.21. The van der Waals surface area contributed by atoms with E-state index in [9.17, 15) is 4.79 Å². The number of ether oxygens (including phenoxy) is 1. The van der Waals surface area contributed by atoms with Crippen LogP contribution >= 0.6 is 0 Å². The van der Waals surface area contributed by atoms with Crippen molar-refractivity contribution >= 4 is 17.8 Å². The summed E-state index contributed by atoms with van der Waals surface area (Å²) in [6.07, 6.45) is 1.41. The molecule has 3 N–H and O–H groups in total. The van der Waals surface area contributed by atoms with Crippen LogP contribution in [0.3, 0.4) is 0 Å². The third-order valence-electron chi connectivity index (χ3n) is 2.70. The Bertz CT molecular complexity index is 453. The number of aromatic nitrogens is 3. The molecule has 0 spiro atoms. The Hall–Kier alpha value is -2.12. The second kappa shape index (κ2) is 6.17. The van der Waals surface area contributed by atoms with Gasteiger partial charge in [-0.25, -0.2) is 0 Å². The fraction of sp³-hybridized carbons (Fsp3) is 0.636. The van der Waals surface area contributed by atoms with Crippen LogP contribution in [0, 0.1) is 0 Å². The maximum absolute atomic E-state index is 11.1. The van der Waals surface area contributed by atoms with Crippen molar-refractivity contribution in [2.75, 3.05) is 30.8 Å². The van der Waals surface area contributed by atoms with Crippen LogP contribution in [0.25, 0.3) is 0 Å². The Morgan fingerprint density at radius 3 is 2.79 bits per heavy atom. The van der Waals surface area contributed by atoms with Crippen LogP contribution < -0.4 is 20.7 Å². The highest BCUT2D eigenvalue weighted by Gasteiger charge is 2.20. The van der Waals surface area contributed by atoms with E-state index in [1.165, 1.54) is 0 Å². The molecule has 1 amide bonds. The van der Waals surface area contributed by atoms with Gasteiger partial charge >= 0.3 is 6.01 Å². The highest BCUT2D eigenvalue weighted by Crippen LogP contribution is 2.12. The Labute approximate surface area is 111 Å². The van der Waals surface area contributed by atoms with Crippen molar-refractivity contribution in [2.24, 2.45) is 0 Å². The van der Waals surface area contributed by atoms with Crippen molar-refractivity contribution in [1.82, 2.24) is 20.3 Å². The molecule has 1 aromatic rings. The Morgan fingerprint density at radius 2 is 2.16 bits per heavy atom. The number of amides is 1. The van der Waals surface area contributed by atoms with Crippen molar-refractivity contribution in [1.29, 1.82) is 0 Å². The van der Waals surface area contributed by atoms with E-state index in [2.05, 4.69) is 30.9 Å². The van der Waals surface area contributed by atoms with Crippen LogP contribution in [0.4, 0.5) is 11.9 Å². The summed E-state index contributed by atoms with van der Waals surface area (Å²) in [5.74, 6) is 0.966. The average molecular weight is 266 g/mol. The van der Waals surface area contributed by atoms with Crippen LogP contribution in [0.1, 0.15) is 19.8 Å². The second-order valence-corrected chi connectivity index (χ2v) is 4.13. The Kier molecular flexibility index (Phi) is 4.32. The molecule has 8 nitrogen and oxygen atoms in total. The van der Waals surface area contributed by atoms with Crippen molar-refractivity contribution in [2.45, 2.75) is 25.8 Å². The average Bonchev–Trinajstić information content (AvgIpc) is 2.82. The molecule has 1 saturated heterocycles. The highest BCUT2D eigenvalue weighted by molar-refractivity contribution is 5.78. The van der Waals surface area contributed by atoms with Gasteiger partial charge in [-0.3, -0.25) is 4.79 Å².